The van der Waals surface area contributed by atoms with E-state index in [0.717, 1.165) is 25.7 Å². The molecule has 0 atom stereocenters. The molecule has 0 radical (unpaired) electrons. The average Bonchev–Trinajstić information content (AvgIpc) is 2.59. The number of carbonyl (C=O) groups excluding carboxylic acids is 1. The lowest BCUT2D eigenvalue weighted by Crippen LogP contribution is -2.27. The molecule has 1 heterocycles. The number of para-hydroxylation sites is 1. The molecule has 0 aliphatic heterocycles. The van der Waals surface area contributed by atoms with Gasteiger partial charge in [-0.2, -0.15) is 0 Å². The van der Waals surface area contributed by atoms with E-state index in [2.05, 4.69) is 17.2 Å². The number of carbonyl (C=O) groups is 1. The molecule has 1 aromatic heterocycles. The number of rotatable bonds is 9. The minimum Gasteiger partial charge on any atom is -0.356 e. The SMILES string of the molecule is CCCCCCn1c(SCC(=O)NCC)nc2ccccc2c1=O. The third-order valence-electron chi connectivity index (χ3n) is 3.77. The molecule has 0 aliphatic rings. The molecule has 1 amide bonds. The molecule has 5 nitrogen and oxygen atoms in total. The Balaban J connectivity index is 2.27. The largest absolute Gasteiger partial charge is 0.356 e. The third kappa shape index (κ3) is 4.84. The summed E-state index contributed by atoms with van der Waals surface area (Å²) in [7, 11) is 0. The zero-order valence-electron chi connectivity index (χ0n) is 14.4. The van der Waals surface area contributed by atoms with Gasteiger partial charge in [0.25, 0.3) is 5.56 Å². The van der Waals surface area contributed by atoms with E-state index in [1.165, 1.54) is 11.8 Å². The van der Waals surface area contributed by atoms with Crippen LogP contribution in [0.25, 0.3) is 10.9 Å². The van der Waals surface area contributed by atoms with Crippen LogP contribution in [0.1, 0.15) is 39.5 Å². The molecule has 0 fully saturated rings. The quantitative estimate of drug-likeness (QED) is 0.430. The van der Waals surface area contributed by atoms with E-state index < -0.39 is 0 Å². The first-order valence-electron chi connectivity index (χ1n) is 8.56. The fraction of sp³-hybridized carbons (Fsp3) is 0.500. The average molecular weight is 347 g/mol. The highest BCUT2D eigenvalue weighted by atomic mass is 32.2. The molecule has 1 N–H and O–H groups in total. The third-order valence-corrected chi connectivity index (χ3v) is 4.74. The van der Waals surface area contributed by atoms with Crippen molar-refractivity contribution >= 4 is 28.6 Å². The van der Waals surface area contributed by atoms with Crippen molar-refractivity contribution in [2.45, 2.75) is 51.2 Å². The van der Waals surface area contributed by atoms with Crippen molar-refractivity contribution in [1.29, 1.82) is 0 Å². The van der Waals surface area contributed by atoms with Crippen molar-refractivity contribution < 1.29 is 4.79 Å². The zero-order chi connectivity index (χ0) is 17.4. The number of amides is 1. The standard InChI is InChI=1S/C18H25N3O2S/c1-3-5-6-9-12-21-17(23)14-10-7-8-11-15(14)20-18(21)24-13-16(22)19-4-2/h7-8,10-11H,3-6,9,12-13H2,1-2H3,(H,19,22). The summed E-state index contributed by atoms with van der Waals surface area (Å²) < 4.78 is 1.72. The summed E-state index contributed by atoms with van der Waals surface area (Å²) >= 11 is 1.33. The minimum absolute atomic E-state index is 0.0181. The molecule has 2 rings (SSSR count). The number of aromatic nitrogens is 2. The number of benzene rings is 1. The van der Waals surface area contributed by atoms with Gasteiger partial charge in [0.05, 0.1) is 16.7 Å². The van der Waals surface area contributed by atoms with E-state index >= 15 is 0 Å². The Bertz CT molecular complexity index is 743. The number of fused-ring (bicyclic) bond motifs is 1. The summed E-state index contributed by atoms with van der Waals surface area (Å²) in [5, 5.41) is 4.03. The van der Waals surface area contributed by atoms with Crippen LogP contribution in [0.15, 0.2) is 34.2 Å². The van der Waals surface area contributed by atoms with E-state index in [1.807, 2.05) is 31.2 Å². The summed E-state index contributed by atoms with van der Waals surface area (Å²) in [5.74, 6) is 0.232. The zero-order valence-corrected chi connectivity index (χ0v) is 15.2. The lowest BCUT2D eigenvalue weighted by molar-refractivity contribution is -0.118. The Labute approximate surface area is 146 Å². The summed E-state index contributed by atoms with van der Waals surface area (Å²) in [4.78, 5) is 29.1. The second-order valence-electron chi connectivity index (χ2n) is 5.67. The van der Waals surface area contributed by atoms with Crippen molar-refractivity contribution in [2.24, 2.45) is 0 Å². The predicted octanol–water partition coefficient (Wildman–Crippen LogP) is 3.21. The molecule has 0 bridgehead atoms. The smallest absolute Gasteiger partial charge is 0.262 e. The molecule has 2 aromatic rings. The number of thioether (sulfide) groups is 1. The van der Waals surface area contributed by atoms with Gasteiger partial charge < -0.3 is 5.32 Å². The number of nitrogens with one attached hydrogen (secondary N) is 1. The second kappa shape index (κ2) is 9.47. The normalized spacial score (nSPS) is 10.9. The van der Waals surface area contributed by atoms with Crippen LogP contribution in [0.4, 0.5) is 0 Å². The van der Waals surface area contributed by atoms with Crippen LogP contribution in [0.5, 0.6) is 0 Å². The van der Waals surface area contributed by atoms with Gasteiger partial charge in [-0.05, 0) is 25.5 Å². The maximum atomic E-state index is 12.8. The van der Waals surface area contributed by atoms with Crippen LogP contribution in [0.2, 0.25) is 0 Å². The molecule has 130 valence electrons. The fourth-order valence-electron chi connectivity index (χ4n) is 2.53. The summed E-state index contributed by atoms with van der Waals surface area (Å²) in [6, 6.07) is 7.38. The molecule has 6 heteroatoms. The van der Waals surface area contributed by atoms with Gasteiger partial charge in [-0.15, -0.1) is 0 Å². The molecule has 0 aliphatic carbocycles. The van der Waals surface area contributed by atoms with Gasteiger partial charge in [0.1, 0.15) is 0 Å². The number of hydrogen-bond donors (Lipinski definition) is 1. The summed E-state index contributed by atoms with van der Waals surface area (Å²) in [6.45, 7) is 5.31. The first-order chi connectivity index (χ1) is 11.7. The van der Waals surface area contributed by atoms with Gasteiger partial charge in [0, 0.05) is 13.1 Å². The van der Waals surface area contributed by atoms with Gasteiger partial charge >= 0.3 is 0 Å². The Morgan fingerprint density at radius 3 is 2.75 bits per heavy atom. The lowest BCUT2D eigenvalue weighted by atomic mass is 10.2. The van der Waals surface area contributed by atoms with Crippen molar-refractivity contribution in [3.05, 3.63) is 34.6 Å². The highest BCUT2D eigenvalue weighted by Crippen LogP contribution is 2.18. The van der Waals surface area contributed by atoms with Gasteiger partial charge in [-0.25, -0.2) is 4.98 Å². The Kier molecular flexibility index (Phi) is 7.31. The van der Waals surface area contributed by atoms with E-state index in [9.17, 15) is 9.59 Å². The van der Waals surface area contributed by atoms with Crippen LogP contribution in [0, 0.1) is 0 Å². The second-order valence-corrected chi connectivity index (χ2v) is 6.61. The van der Waals surface area contributed by atoms with Gasteiger partial charge in [-0.3, -0.25) is 14.2 Å². The van der Waals surface area contributed by atoms with Crippen LogP contribution in [0.3, 0.4) is 0 Å². The minimum atomic E-state index is -0.0394. The van der Waals surface area contributed by atoms with E-state index in [4.69, 9.17) is 0 Å². The van der Waals surface area contributed by atoms with Crippen molar-refractivity contribution in [3.63, 3.8) is 0 Å². The summed E-state index contributed by atoms with van der Waals surface area (Å²) in [5.41, 5.74) is 0.668. The molecule has 0 saturated heterocycles. The van der Waals surface area contributed by atoms with E-state index in [0.29, 0.717) is 29.1 Å². The van der Waals surface area contributed by atoms with Crippen molar-refractivity contribution in [2.75, 3.05) is 12.3 Å². The highest BCUT2D eigenvalue weighted by Gasteiger charge is 2.12. The Morgan fingerprint density at radius 2 is 2.00 bits per heavy atom. The predicted molar refractivity (Wildman–Crippen MR) is 99.6 cm³/mol. The van der Waals surface area contributed by atoms with Crippen LogP contribution in [-0.2, 0) is 11.3 Å². The van der Waals surface area contributed by atoms with E-state index in [1.54, 1.807) is 4.57 Å². The van der Waals surface area contributed by atoms with Crippen molar-refractivity contribution in [3.8, 4) is 0 Å². The molecule has 0 unspecified atom stereocenters. The maximum absolute atomic E-state index is 12.8. The van der Waals surface area contributed by atoms with Gasteiger partial charge in [0.2, 0.25) is 5.91 Å². The molecular weight excluding hydrogens is 322 g/mol. The Hall–Kier alpha value is -1.82. The monoisotopic (exact) mass is 347 g/mol. The number of hydrogen-bond acceptors (Lipinski definition) is 4. The topological polar surface area (TPSA) is 64.0 Å². The molecule has 0 saturated carbocycles. The van der Waals surface area contributed by atoms with Gasteiger partial charge in [0.15, 0.2) is 5.16 Å². The molecule has 24 heavy (non-hydrogen) atoms. The fourth-order valence-corrected chi connectivity index (χ4v) is 3.39. The molecule has 0 spiro atoms. The van der Waals surface area contributed by atoms with Crippen LogP contribution in [-0.4, -0.2) is 27.8 Å². The molecular formula is C18H25N3O2S. The highest BCUT2D eigenvalue weighted by molar-refractivity contribution is 7.99. The first-order valence-corrected chi connectivity index (χ1v) is 9.55. The maximum Gasteiger partial charge on any atom is 0.262 e. The van der Waals surface area contributed by atoms with Crippen LogP contribution < -0.4 is 10.9 Å². The van der Waals surface area contributed by atoms with Crippen LogP contribution >= 0.6 is 11.8 Å². The van der Waals surface area contributed by atoms with Gasteiger partial charge in [-0.1, -0.05) is 50.1 Å². The first kappa shape index (κ1) is 18.5. The Morgan fingerprint density at radius 1 is 1.21 bits per heavy atom. The molecule has 1 aromatic carbocycles. The lowest BCUT2D eigenvalue weighted by Gasteiger charge is -2.13. The van der Waals surface area contributed by atoms with E-state index in [-0.39, 0.29) is 17.2 Å². The van der Waals surface area contributed by atoms with Crippen molar-refractivity contribution in [1.82, 2.24) is 14.9 Å². The number of nitrogens with zero attached hydrogens (tertiary/aromatic N) is 2. The number of unbranched alkanes of at least 4 members (excludes halogenated alkanes) is 3. The summed E-state index contributed by atoms with van der Waals surface area (Å²) in [6.07, 6.45) is 4.36.